The van der Waals surface area contributed by atoms with Crippen molar-refractivity contribution in [2.24, 2.45) is 17.1 Å². The average Bonchev–Trinajstić information content (AvgIpc) is 2.16. The van der Waals surface area contributed by atoms with Crippen LogP contribution in [-0.2, 0) is 0 Å². The number of hydrogen-bond donors (Lipinski definition) is 1. The SMILES string of the molecule is CC(C)(C)CC(CN)CN1CCSCC1. The molecule has 2 N–H and O–H groups in total. The smallest absolute Gasteiger partial charge is 0.00728 e. The van der Waals surface area contributed by atoms with Gasteiger partial charge >= 0.3 is 0 Å². The molecule has 1 aliphatic heterocycles. The van der Waals surface area contributed by atoms with Crippen LogP contribution in [0.2, 0.25) is 0 Å². The van der Waals surface area contributed by atoms with Crippen molar-refractivity contribution in [3.8, 4) is 0 Å². The van der Waals surface area contributed by atoms with Crippen LogP contribution in [0.1, 0.15) is 27.2 Å². The van der Waals surface area contributed by atoms with E-state index >= 15 is 0 Å². The summed E-state index contributed by atoms with van der Waals surface area (Å²) in [6.45, 7) is 11.5. The number of thioether (sulfide) groups is 1. The minimum absolute atomic E-state index is 0.411. The predicted octanol–water partition coefficient (Wildman–Crippen LogP) is 2.05. The molecule has 1 heterocycles. The second kappa shape index (κ2) is 6.12. The molecule has 0 saturated carbocycles. The van der Waals surface area contributed by atoms with Gasteiger partial charge in [-0.25, -0.2) is 0 Å². The Hall–Kier alpha value is 0.270. The van der Waals surface area contributed by atoms with Crippen molar-refractivity contribution >= 4 is 11.8 Å². The number of nitrogens with zero attached hydrogens (tertiary/aromatic N) is 1. The molecular formula is C12H26N2S. The van der Waals surface area contributed by atoms with E-state index in [0.29, 0.717) is 11.3 Å². The summed E-state index contributed by atoms with van der Waals surface area (Å²) < 4.78 is 0. The molecule has 1 unspecified atom stereocenters. The second-order valence-corrected chi connectivity index (χ2v) is 7.00. The molecule has 1 rings (SSSR count). The van der Waals surface area contributed by atoms with Gasteiger partial charge in [0.1, 0.15) is 0 Å². The van der Waals surface area contributed by atoms with Gasteiger partial charge in [0.2, 0.25) is 0 Å². The predicted molar refractivity (Wildman–Crippen MR) is 70.4 cm³/mol. The molecule has 3 heteroatoms. The van der Waals surface area contributed by atoms with Crippen LogP contribution in [0.3, 0.4) is 0 Å². The molecule has 0 amide bonds. The van der Waals surface area contributed by atoms with Crippen LogP contribution in [0.5, 0.6) is 0 Å². The summed E-state index contributed by atoms with van der Waals surface area (Å²) in [5.41, 5.74) is 6.28. The molecule has 2 nitrogen and oxygen atoms in total. The molecule has 0 spiro atoms. The first-order valence-electron chi connectivity index (χ1n) is 6.01. The van der Waals surface area contributed by atoms with E-state index in [1.807, 2.05) is 0 Å². The third-order valence-electron chi connectivity index (χ3n) is 2.85. The molecule has 1 fully saturated rings. The molecule has 0 aromatic rings. The van der Waals surface area contributed by atoms with Gasteiger partial charge in [-0.3, -0.25) is 0 Å². The maximum Gasteiger partial charge on any atom is 0.00728 e. The Morgan fingerprint density at radius 3 is 2.33 bits per heavy atom. The van der Waals surface area contributed by atoms with Gasteiger partial charge in [0.15, 0.2) is 0 Å². The Labute approximate surface area is 99.0 Å². The van der Waals surface area contributed by atoms with Crippen molar-refractivity contribution in [3.63, 3.8) is 0 Å². The van der Waals surface area contributed by atoms with E-state index in [1.54, 1.807) is 0 Å². The number of rotatable bonds is 4. The summed E-state index contributed by atoms with van der Waals surface area (Å²) in [5, 5.41) is 0. The fourth-order valence-electron chi connectivity index (χ4n) is 2.24. The van der Waals surface area contributed by atoms with Gasteiger partial charge in [-0.15, -0.1) is 0 Å². The van der Waals surface area contributed by atoms with Crippen molar-refractivity contribution in [2.75, 3.05) is 37.7 Å². The summed E-state index contributed by atoms with van der Waals surface area (Å²) in [5.74, 6) is 3.27. The molecule has 0 radical (unpaired) electrons. The molecule has 0 aromatic heterocycles. The molecule has 15 heavy (non-hydrogen) atoms. The van der Waals surface area contributed by atoms with Crippen LogP contribution in [-0.4, -0.2) is 42.6 Å². The molecule has 0 bridgehead atoms. The summed E-state index contributed by atoms with van der Waals surface area (Å²) in [4.78, 5) is 2.58. The molecule has 90 valence electrons. The Morgan fingerprint density at radius 1 is 1.27 bits per heavy atom. The van der Waals surface area contributed by atoms with Gasteiger partial charge in [0, 0.05) is 31.1 Å². The van der Waals surface area contributed by atoms with Crippen molar-refractivity contribution in [1.29, 1.82) is 0 Å². The maximum absolute atomic E-state index is 5.87. The highest BCUT2D eigenvalue weighted by molar-refractivity contribution is 7.99. The highest BCUT2D eigenvalue weighted by Crippen LogP contribution is 2.25. The van der Waals surface area contributed by atoms with Crippen LogP contribution in [0.25, 0.3) is 0 Å². The van der Waals surface area contributed by atoms with E-state index in [9.17, 15) is 0 Å². The fraction of sp³-hybridized carbons (Fsp3) is 1.00. The maximum atomic E-state index is 5.87. The lowest BCUT2D eigenvalue weighted by atomic mass is 9.84. The van der Waals surface area contributed by atoms with E-state index < -0.39 is 0 Å². The van der Waals surface area contributed by atoms with Crippen molar-refractivity contribution in [3.05, 3.63) is 0 Å². The van der Waals surface area contributed by atoms with E-state index in [-0.39, 0.29) is 0 Å². The standard InChI is InChI=1S/C12H26N2S/c1-12(2,3)8-11(9-13)10-14-4-6-15-7-5-14/h11H,4-10,13H2,1-3H3. The van der Waals surface area contributed by atoms with Crippen molar-refractivity contribution in [2.45, 2.75) is 27.2 Å². The second-order valence-electron chi connectivity index (χ2n) is 5.78. The highest BCUT2D eigenvalue weighted by Gasteiger charge is 2.21. The third-order valence-corrected chi connectivity index (χ3v) is 3.80. The summed E-state index contributed by atoms with van der Waals surface area (Å²) in [7, 11) is 0. The van der Waals surface area contributed by atoms with E-state index in [4.69, 9.17) is 5.73 Å². The van der Waals surface area contributed by atoms with Crippen LogP contribution >= 0.6 is 11.8 Å². The third kappa shape index (κ3) is 5.79. The van der Waals surface area contributed by atoms with Crippen molar-refractivity contribution in [1.82, 2.24) is 4.90 Å². The van der Waals surface area contributed by atoms with Crippen LogP contribution in [0.15, 0.2) is 0 Å². The van der Waals surface area contributed by atoms with E-state index in [1.165, 1.54) is 37.6 Å². The quantitative estimate of drug-likeness (QED) is 0.801. The molecule has 1 atom stereocenters. The van der Waals surface area contributed by atoms with E-state index in [0.717, 1.165) is 6.54 Å². The van der Waals surface area contributed by atoms with Crippen LogP contribution in [0, 0.1) is 11.3 Å². The first kappa shape index (κ1) is 13.3. The lowest BCUT2D eigenvalue weighted by Crippen LogP contribution is -2.39. The summed E-state index contributed by atoms with van der Waals surface area (Å²) in [6.07, 6.45) is 1.24. The van der Waals surface area contributed by atoms with Crippen molar-refractivity contribution < 1.29 is 0 Å². The van der Waals surface area contributed by atoms with Gasteiger partial charge in [-0.2, -0.15) is 11.8 Å². The topological polar surface area (TPSA) is 29.3 Å². The lowest BCUT2D eigenvalue weighted by Gasteiger charge is -2.32. The van der Waals surface area contributed by atoms with Crippen LogP contribution in [0.4, 0.5) is 0 Å². The van der Waals surface area contributed by atoms with Gasteiger partial charge in [-0.1, -0.05) is 20.8 Å². The lowest BCUT2D eigenvalue weighted by molar-refractivity contribution is 0.206. The zero-order valence-corrected chi connectivity index (χ0v) is 11.3. The number of nitrogens with two attached hydrogens (primary N) is 1. The minimum Gasteiger partial charge on any atom is -0.330 e. The Kier molecular flexibility index (Phi) is 5.44. The first-order valence-corrected chi connectivity index (χ1v) is 7.17. The minimum atomic E-state index is 0.411. The molecule has 0 aliphatic carbocycles. The Bertz CT molecular complexity index is 171. The Morgan fingerprint density at radius 2 is 1.87 bits per heavy atom. The Balaban J connectivity index is 2.31. The van der Waals surface area contributed by atoms with Gasteiger partial charge in [-0.05, 0) is 24.3 Å². The van der Waals surface area contributed by atoms with E-state index in [2.05, 4.69) is 37.4 Å². The van der Waals surface area contributed by atoms with Gasteiger partial charge in [0.05, 0.1) is 0 Å². The summed E-state index contributed by atoms with van der Waals surface area (Å²) in [6, 6.07) is 0. The molecule has 0 aromatic carbocycles. The number of hydrogen-bond acceptors (Lipinski definition) is 3. The monoisotopic (exact) mass is 230 g/mol. The van der Waals surface area contributed by atoms with Gasteiger partial charge < -0.3 is 10.6 Å². The molecular weight excluding hydrogens is 204 g/mol. The zero-order chi connectivity index (χ0) is 11.3. The summed E-state index contributed by atoms with van der Waals surface area (Å²) >= 11 is 2.07. The van der Waals surface area contributed by atoms with Gasteiger partial charge in [0.25, 0.3) is 0 Å². The zero-order valence-electron chi connectivity index (χ0n) is 10.5. The fourth-order valence-corrected chi connectivity index (χ4v) is 3.22. The molecule has 1 saturated heterocycles. The first-order chi connectivity index (χ1) is 7.01. The van der Waals surface area contributed by atoms with Crippen LogP contribution < -0.4 is 5.73 Å². The molecule has 1 aliphatic rings. The largest absolute Gasteiger partial charge is 0.330 e. The normalized spacial score (nSPS) is 21.6. The highest BCUT2D eigenvalue weighted by atomic mass is 32.2. The average molecular weight is 230 g/mol.